The van der Waals surface area contributed by atoms with Gasteiger partial charge in [0.1, 0.15) is 0 Å². The third kappa shape index (κ3) is 3.08. The summed E-state index contributed by atoms with van der Waals surface area (Å²) in [7, 11) is 1.73. The van der Waals surface area contributed by atoms with E-state index in [-0.39, 0.29) is 0 Å². The lowest BCUT2D eigenvalue weighted by Crippen LogP contribution is -2.49. The summed E-state index contributed by atoms with van der Waals surface area (Å²) < 4.78 is 5.11. The van der Waals surface area contributed by atoms with E-state index in [0.717, 1.165) is 6.54 Å². The molecule has 2 rings (SSSR count). The molecule has 0 saturated heterocycles. The van der Waals surface area contributed by atoms with Gasteiger partial charge in [-0.15, -0.1) is 0 Å². The van der Waals surface area contributed by atoms with E-state index in [1.807, 2.05) is 0 Å². The van der Waals surface area contributed by atoms with E-state index in [9.17, 15) is 0 Å². The van der Waals surface area contributed by atoms with Crippen molar-refractivity contribution in [1.82, 2.24) is 5.32 Å². The Morgan fingerprint density at radius 2 is 1.82 bits per heavy atom. The van der Waals surface area contributed by atoms with E-state index in [0.29, 0.717) is 12.1 Å². The fourth-order valence-electron chi connectivity index (χ4n) is 2.47. The maximum absolute atomic E-state index is 5.11. The molecule has 1 aromatic rings. The molecule has 0 bridgehead atoms. The molecular weight excluding hydrogens is 210 g/mol. The lowest BCUT2D eigenvalue weighted by Gasteiger charge is -2.42. The zero-order valence-corrected chi connectivity index (χ0v) is 11.0. The summed E-state index contributed by atoms with van der Waals surface area (Å²) in [5.74, 6) is 0. The van der Waals surface area contributed by atoms with Crippen molar-refractivity contribution in [3.8, 4) is 0 Å². The number of benzene rings is 1. The summed E-state index contributed by atoms with van der Waals surface area (Å²) >= 11 is 0. The molecule has 1 fully saturated rings. The van der Waals surface area contributed by atoms with Crippen LogP contribution in [0.1, 0.15) is 43.7 Å². The molecule has 17 heavy (non-hydrogen) atoms. The standard InChI is InChI=1S/C15H23NO/c1-3-15(9-4-10-15)16-11-13-5-7-14(8-6-13)12-17-2/h5-8,16H,3-4,9-12H2,1-2H3. The van der Waals surface area contributed by atoms with Crippen molar-refractivity contribution in [1.29, 1.82) is 0 Å². The molecule has 1 N–H and O–H groups in total. The van der Waals surface area contributed by atoms with Crippen LogP contribution in [0.15, 0.2) is 24.3 Å². The fraction of sp³-hybridized carbons (Fsp3) is 0.600. The summed E-state index contributed by atoms with van der Waals surface area (Å²) in [6.45, 7) is 3.97. The first-order valence-corrected chi connectivity index (χ1v) is 6.60. The van der Waals surface area contributed by atoms with Gasteiger partial charge in [0.25, 0.3) is 0 Å². The maximum Gasteiger partial charge on any atom is 0.0713 e. The van der Waals surface area contributed by atoms with Gasteiger partial charge < -0.3 is 10.1 Å². The van der Waals surface area contributed by atoms with Gasteiger partial charge in [0.2, 0.25) is 0 Å². The quantitative estimate of drug-likeness (QED) is 0.814. The van der Waals surface area contributed by atoms with Crippen LogP contribution >= 0.6 is 0 Å². The second-order valence-electron chi connectivity index (χ2n) is 5.09. The highest BCUT2D eigenvalue weighted by Crippen LogP contribution is 2.34. The van der Waals surface area contributed by atoms with E-state index in [1.54, 1.807) is 7.11 Å². The third-order valence-corrected chi connectivity index (χ3v) is 3.99. The normalized spacial score (nSPS) is 17.8. The van der Waals surface area contributed by atoms with E-state index < -0.39 is 0 Å². The van der Waals surface area contributed by atoms with Crippen molar-refractivity contribution < 1.29 is 4.74 Å². The monoisotopic (exact) mass is 233 g/mol. The van der Waals surface area contributed by atoms with Gasteiger partial charge in [-0.1, -0.05) is 31.2 Å². The van der Waals surface area contributed by atoms with Crippen molar-refractivity contribution in [3.05, 3.63) is 35.4 Å². The van der Waals surface area contributed by atoms with Crippen molar-refractivity contribution in [2.24, 2.45) is 0 Å². The average molecular weight is 233 g/mol. The molecule has 0 unspecified atom stereocenters. The molecule has 2 heteroatoms. The minimum atomic E-state index is 0.436. The first-order valence-electron chi connectivity index (χ1n) is 6.60. The molecule has 2 nitrogen and oxygen atoms in total. The summed E-state index contributed by atoms with van der Waals surface area (Å²) in [6, 6.07) is 8.70. The lowest BCUT2D eigenvalue weighted by molar-refractivity contribution is 0.175. The molecule has 0 aliphatic heterocycles. The zero-order valence-electron chi connectivity index (χ0n) is 11.0. The van der Waals surface area contributed by atoms with E-state index in [1.165, 1.54) is 36.8 Å². The van der Waals surface area contributed by atoms with Crippen LogP contribution in [0.4, 0.5) is 0 Å². The van der Waals surface area contributed by atoms with Gasteiger partial charge in [0.15, 0.2) is 0 Å². The Labute approximate surface area is 104 Å². The summed E-state index contributed by atoms with van der Waals surface area (Å²) in [4.78, 5) is 0. The summed E-state index contributed by atoms with van der Waals surface area (Å²) in [5.41, 5.74) is 3.04. The van der Waals surface area contributed by atoms with E-state index >= 15 is 0 Å². The Bertz CT molecular complexity index is 335. The number of hydrogen-bond donors (Lipinski definition) is 1. The highest BCUT2D eigenvalue weighted by molar-refractivity contribution is 5.22. The minimum Gasteiger partial charge on any atom is -0.380 e. The molecule has 0 radical (unpaired) electrons. The first kappa shape index (κ1) is 12.6. The molecule has 0 aromatic heterocycles. The number of rotatable bonds is 6. The van der Waals surface area contributed by atoms with E-state index in [4.69, 9.17) is 4.74 Å². The van der Waals surface area contributed by atoms with Gasteiger partial charge in [0.05, 0.1) is 6.61 Å². The molecule has 0 atom stereocenters. The van der Waals surface area contributed by atoms with Crippen molar-refractivity contribution in [2.45, 2.75) is 51.3 Å². The molecular formula is C15H23NO. The third-order valence-electron chi connectivity index (χ3n) is 3.99. The van der Waals surface area contributed by atoms with Gasteiger partial charge >= 0.3 is 0 Å². The SMILES string of the molecule is CCC1(NCc2ccc(COC)cc2)CCC1. The van der Waals surface area contributed by atoms with Gasteiger partial charge in [0, 0.05) is 19.2 Å². The van der Waals surface area contributed by atoms with Crippen molar-refractivity contribution in [2.75, 3.05) is 7.11 Å². The first-order chi connectivity index (χ1) is 8.28. The van der Waals surface area contributed by atoms with Gasteiger partial charge in [-0.3, -0.25) is 0 Å². The van der Waals surface area contributed by atoms with Crippen LogP contribution in [0.5, 0.6) is 0 Å². The Hall–Kier alpha value is -0.860. The van der Waals surface area contributed by atoms with E-state index in [2.05, 4.69) is 36.5 Å². The van der Waals surface area contributed by atoms with Crippen LogP contribution < -0.4 is 5.32 Å². The van der Waals surface area contributed by atoms with Gasteiger partial charge in [-0.2, -0.15) is 0 Å². The molecule has 1 aromatic carbocycles. The van der Waals surface area contributed by atoms with Crippen LogP contribution in [-0.2, 0) is 17.9 Å². The Morgan fingerprint density at radius 1 is 1.18 bits per heavy atom. The van der Waals surface area contributed by atoms with Crippen LogP contribution in [0.25, 0.3) is 0 Å². The number of nitrogens with one attached hydrogen (secondary N) is 1. The average Bonchev–Trinajstić information content (AvgIpc) is 2.31. The predicted octanol–water partition coefficient (Wildman–Crippen LogP) is 3.26. The molecule has 1 aliphatic carbocycles. The largest absolute Gasteiger partial charge is 0.380 e. The Balaban J connectivity index is 1.86. The van der Waals surface area contributed by atoms with Gasteiger partial charge in [-0.25, -0.2) is 0 Å². The zero-order chi connectivity index (χ0) is 12.1. The van der Waals surface area contributed by atoms with Crippen LogP contribution in [0.2, 0.25) is 0 Å². The number of hydrogen-bond acceptors (Lipinski definition) is 2. The fourth-order valence-corrected chi connectivity index (χ4v) is 2.47. The molecule has 0 spiro atoms. The Kier molecular flexibility index (Phi) is 4.19. The smallest absolute Gasteiger partial charge is 0.0713 e. The second-order valence-corrected chi connectivity index (χ2v) is 5.09. The highest BCUT2D eigenvalue weighted by atomic mass is 16.5. The molecule has 94 valence electrons. The predicted molar refractivity (Wildman–Crippen MR) is 70.9 cm³/mol. The Morgan fingerprint density at radius 3 is 2.29 bits per heavy atom. The lowest BCUT2D eigenvalue weighted by atomic mass is 9.75. The van der Waals surface area contributed by atoms with Crippen LogP contribution in [-0.4, -0.2) is 12.6 Å². The number of ether oxygens (including phenoxy) is 1. The minimum absolute atomic E-state index is 0.436. The van der Waals surface area contributed by atoms with Gasteiger partial charge in [-0.05, 0) is 36.8 Å². The second kappa shape index (κ2) is 5.65. The maximum atomic E-state index is 5.11. The molecule has 1 aliphatic rings. The summed E-state index contributed by atoms with van der Waals surface area (Å²) in [6.07, 6.45) is 5.30. The van der Waals surface area contributed by atoms with Crippen molar-refractivity contribution >= 4 is 0 Å². The number of methoxy groups -OCH3 is 1. The molecule has 0 heterocycles. The summed E-state index contributed by atoms with van der Waals surface area (Å²) in [5, 5.41) is 3.72. The van der Waals surface area contributed by atoms with Crippen LogP contribution in [0.3, 0.4) is 0 Å². The molecule has 0 amide bonds. The highest BCUT2D eigenvalue weighted by Gasteiger charge is 2.33. The topological polar surface area (TPSA) is 21.3 Å². The van der Waals surface area contributed by atoms with Crippen LogP contribution in [0, 0.1) is 0 Å². The molecule has 1 saturated carbocycles. The van der Waals surface area contributed by atoms with Crippen molar-refractivity contribution in [3.63, 3.8) is 0 Å².